The van der Waals surface area contributed by atoms with Crippen LogP contribution >= 0.6 is 0 Å². The average Bonchev–Trinajstić information content (AvgIpc) is 3.14. The summed E-state index contributed by atoms with van der Waals surface area (Å²) < 4.78 is 16.6. The van der Waals surface area contributed by atoms with Gasteiger partial charge in [-0.15, -0.1) is 0 Å². The lowest BCUT2D eigenvalue weighted by Gasteiger charge is -2.62. The Labute approximate surface area is 211 Å². The van der Waals surface area contributed by atoms with Crippen LogP contribution in [0.15, 0.2) is 0 Å². The van der Waals surface area contributed by atoms with Gasteiger partial charge in [0.25, 0.3) is 0 Å². The second kappa shape index (κ2) is 10.0. The van der Waals surface area contributed by atoms with Crippen molar-refractivity contribution in [3.8, 4) is 0 Å². The highest BCUT2D eigenvalue weighted by Gasteiger charge is 2.63. The maximum absolute atomic E-state index is 12.1. The van der Waals surface area contributed by atoms with Crippen LogP contribution in [0.2, 0.25) is 0 Å². The third-order valence-corrected chi connectivity index (χ3v) is 11.0. The minimum Gasteiger partial charge on any atom is -0.469 e. The van der Waals surface area contributed by atoms with E-state index in [-0.39, 0.29) is 46.9 Å². The zero-order valence-electron chi connectivity index (χ0n) is 22.6. The van der Waals surface area contributed by atoms with Gasteiger partial charge in [-0.2, -0.15) is 0 Å². The van der Waals surface area contributed by atoms with Crippen molar-refractivity contribution in [2.24, 2.45) is 46.3 Å². The number of carbonyl (C=O) groups is 3. The molecular weight excluding hydrogens is 444 g/mol. The molecule has 198 valence electrons. The van der Waals surface area contributed by atoms with Gasteiger partial charge in [0, 0.05) is 26.2 Å². The number of hydrogen-bond donors (Lipinski definition) is 0. The summed E-state index contributed by atoms with van der Waals surface area (Å²) in [6.45, 7) is 10.3. The van der Waals surface area contributed by atoms with Crippen LogP contribution in [0.5, 0.6) is 0 Å². The summed E-state index contributed by atoms with van der Waals surface area (Å²) in [6.07, 6.45) is 9.78. The Balaban J connectivity index is 1.56. The Morgan fingerprint density at radius 1 is 0.857 bits per heavy atom. The molecule has 10 atom stereocenters. The normalized spacial score (nSPS) is 43.2. The fourth-order valence-corrected chi connectivity index (χ4v) is 9.54. The summed E-state index contributed by atoms with van der Waals surface area (Å²) in [4.78, 5) is 35.6. The van der Waals surface area contributed by atoms with Gasteiger partial charge in [0.15, 0.2) is 0 Å². The minimum absolute atomic E-state index is 0.0689. The van der Waals surface area contributed by atoms with Crippen LogP contribution in [0.4, 0.5) is 0 Å². The number of carbonyl (C=O) groups excluding carboxylic acids is 3. The molecule has 0 aromatic carbocycles. The van der Waals surface area contributed by atoms with E-state index >= 15 is 0 Å². The third kappa shape index (κ3) is 4.87. The molecule has 4 fully saturated rings. The molecule has 0 bridgehead atoms. The first-order chi connectivity index (χ1) is 16.5. The second-order valence-corrected chi connectivity index (χ2v) is 12.7. The van der Waals surface area contributed by atoms with Crippen LogP contribution in [-0.4, -0.2) is 37.2 Å². The van der Waals surface area contributed by atoms with Crippen LogP contribution in [0.1, 0.15) is 98.8 Å². The van der Waals surface area contributed by atoms with Gasteiger partial charge in [-0.05, 0) is 98.2 Å². The van der Waals surface area contributed by atoms with Crippen molar-refractivity contribution in [2.75, 3.05) is 7.11 Å². The summed E-state index contributed by atoms with van der Waals surface area (Å²) in [5, 5.41) is 0. The van der Waals surface area contributed by atoms with E-state index in [0.29, 0.717) is 36.0 Å². The number of esters is 3. The molecule has 6 heteroatoms. The highest BCUT2D eigenvalue weighted by Crippen LogP contribution is 2.68. The number of hydrogen-bond acceptors (Lipinski definition) is 6. The van der Waals surface area contributed by atoms with E-state index in [0.717, 1.165) is 32.1 Å². The van der Waals surface area contributed by atoms with Gasteiger partial charge in [0.05, 0.1) is 7.11 Å². The monoisotopic (exact) mass is 490 g/mol. The van der Waals surface area contributed by atoms with Crippen LogP contribution in [-0.2, 0) is 28.6 Å². The molecule has 4 aliphatic rings. The van der Waals surface area contributed by atoms with Crippen LogP contribution < -0.4 is 0 Å². The fraction of sp³-hybridized carbons (Fsp3) is 0.897. The van der Waals surface area contributed by atoms with E-state index in [1.165, 1.54) is 46.6 Å². The van der Waals surface area contributed by atoms with Crippen molar-refractivity contribution in [1.29, 1.82) is 0 Å². The molecule has 6 nitrogen and oxygen atoms in total. The summed E-state index contributed by atoms with van der Waals surface area (Å²) in [7, 11) is 1.47. The van der Waals surface area contributed by atoms with Gasteiger partial charge in [-0.3, -0.25) is 14.4 Å². The molecule has 3 unspecified atom stereocenters. The standard InChI is InChI=1S/C29H46O6/c1-17(7-10-27(32)33-6)22-8-9-23-21-16-26(35-19(3)31)25-15-20(34-18(2)30)11-13-29(25,5)24(21)12-14-28(22,23)4/h17,20-26H,7-16H2,1-6H3/t17-,20?,21+,22-,23+,24+,25?,26?,28-,29-/m1/s1. The Kier molecular flexibility index (Phi) is 7.60. The zero-order valence-corrected chi connectivity index (χ0v) is 22.6. The predicted molar refractivity (Wildman–Crippen MR) is 132 cm³/mol. The maximum Gasteiger partial charge on any atom is 0.305 e. The van der Waals surface area contributed by atoms with Crippen molar-refractivity contribution in [3.63, 3.8) is 0 Å². The average molecular weight is 491 g/mol. The van der Waals surface area contributed by atoms with Gasteiger partial charge in [0.2, 0.25) is 0 Å². The molecule has 4 rings (SSSR count). The largest absolute Gasteiger partial charge is 0.469 e. The van der Waals surface area contributed by atoms with E-state index in [4.69, 9.17) is 14.2 Å². The van der Waals surface area contributed by atoms with E-state index in [2.05, 4.69) is 20.8 Å². The van der Waals surface area contributed by atoms with Crippen molar-refractivity contribution in [2.45, 2.75) is 111 Å². The lowest BCUT2D eigenvalue weighted by atomic mass is 9.43. The molecule has 0 heterocycles. The van der Waals surface area contributed by atoms with Crippen LogP contribution in [0.25, 0.3) is 0 Å². The van der Waals surface area contributed by atoms with Gasteiger partial charge in [0.1, 0.15) is 12.2 Å². The number of ether oxygens (including phenoxy) is 3. The molecule has 0 saturated heterocycles. The molecule has 0 N–H and O–H groups in total. The van der Waals surface area contributed by atoms with Crippen molar-refractivity contribution in [3.05, 3.63) is 0 Å². The molecular formula is C29H46O6. The SMILES string of the molecule is COC(=O)CC[C@@H](C)[C@H]1CC[C@H]2[C@@H]3CC(OC(C)=O)C4CC(OC(C)=O)CC[C@]4(C)[C@H]3CC[C@]12C. The molecule has 4 aliphatic carbocycles. The second-order valence-electron chi connectivity index (χ2n) is 12.7. The van der Waals surface area contributed by atoms with E-state index in [1.54, 1.807) is 0 Å². The van der Waals surface area contributed by atoms with Crippen molar-refractivity contribution < 1.29 is 28.6 Å². The molecule has 35 heavy (non-hydrogen) atoms. The van der Waals surface area contributed by atoms with E-state index < -0.39 is 0 Å². The first-order valence-electron chi connectivity index (χ1n) is 13.9. The van der Waals surface area contributed by atoms with Gasteiger partial charge in [-0.25, -0.2) is 0 Å². The molecule has 0 amide bonds. The highest BCUT2D eigenvalue weighted by atomic mass is 16.5. The Morgan fingerprint density at radius 3 is 2.17 bits per heavy atom. The van der Waals surface area contributed by atoms with Gasteiger partial charge < -0.3 is 14.2 Å². The molecule has 4 saturated carbocycles. The third-order valence-electron chi connectivity index (χ3n) is 11.0. The van der Waals surface area contributed by atoms with Crippen molar-refractivity contribution >= 4 is 17.9 Å². The molecule has 0 radical (unpaired) electrons. The quantitative estimate of drug-likeness (QED) is 0.351. The zero-order chi connectivity index (χ0) is 25.5. The summed E-state index contributed by atoms with van der Waals surface area (Å²) in [6, 6.07) is 0. The fourth-order valence-electron chi connectivity index (χ4n) is 9.54. The topological polar surface area (TPSA) is 78.9 Å². The first kappa shape index (κ1) is 26.5. The Bertz CT molecular complexity index is 824. The van der Waals surface area contributed by atoms with E-state index in [1.807, 2.05) is 0 Å². The minimum atomic E-state index is -0.219. The molecule has 0 aliphatic heterocycles. The summed E-state index contributed by atoms with van der Waals surface area (Å²) in [5.41, 5.74) is 0.380. The molecule has 0 aromatic rings. The Morgan fingerprint density at radius 2 is 1.51 bits per heavy atom. The van der Waals surface area contributed by atoms with Gasteiger partial charge in [-0.1, -0.05) is 20.8 Å². The Hall–Kier alpha value is -1.59. The highest BCUT2D eigenvalue weighted by molar-refractivity contribution is 5.69. The predicted octanol–water partition coefficient (Wildman–Crippen LogP) is 5.71. The van der Waals surface area contributed by atoms with E-state index in [9.17, 15) is 14.4 Å². The lowest BCUT2D eigenvalue weighted by molar-refractivity contribution is -0.197. The number of rotatable bonds is 6. The summed E-state index contributed by atoms with van der Waals surface area (Å²) in [5.74, 6) is 2.64. The molecule has 0 spiro atoms. The smallest absolute Gasteiger partial charge is 0.305 e. The lowest BCUT2D eigenvalue weighted by Crippen LogP contribution is -2.59. The van der Waals surface area contributed by atoms with Crippen LogP contribution in [0, 0.1) is 46.3 Å². The first-order valence-corrected chi connectivity index (χ1v) is 13.9. The maximum atomic E-state index is 12.1. The number of fused-ring (bicyclic) bond motifs is 5. The van der Waals surface area contributed by atoms with Gasteiger partial charge >= 0.3 is 17.9 Å². The summed E-state index contributed by atoms with van der Waals surface area (Å²) >= 11 is 0. The van der Waals surface area contributed by atoms with Crippen LogP contribution in [0.3, 0.4) is 0 Å². The number of methoxy groups -OCH3 is 1. The molecule has 0 aromatic heterocycles. The van der Waals surface area contributed by atoms with Crippen molar-refractivity contribution in [1.82, 2.24) is 0 Å².